The molecule has 0 aliphatic rings. The van der Waals surface area contributed by atoms with E-state index in [2.05, 4.69) is 80.8 Å². The Hall–Kier alpha value is -5.35. The fourth-order valence-corrected chi connectivity index (χ4v) is 4.90. The standard InChI is InChI=1S/C39H36N2O2/c1-6-10-29(11-7-2)31-18-22-33(23-19-31)37-27(5)38(34-24-20-32(21-25-34)30(12-8-3)13-9-4)41-39(40-37)35-16-14-28(15-17-35)26-36(42)43/h6-25H,1,3,26H2,2,4-5H3,(H,42,43)/b11-7-,13-9-,29-10+,30-12+. The van der Waals surface area contributed by atoms with E-state index in [0.717, 1.165) is 61.5 Å². The van der Waals surface area contributed by atoms with Crippen molar-refractivity contribution in [2.75, 3.05) is 0 Å². The van der Waals surface area contributed by atoms with Crippen LogP contribution in [0.3, 0.4) is 0 Å². The van der Waals surface area contributed by atoms with Crippen molar-refractivity contribution in [1.82, 2.24) is 9.97 Å². The molecule has 0 amide bonds. The molecule has 0 saturated carbocycles. The van der Waals surface area contributed by atoms with Crippen LogP contribution in [0, 0.1) is 6.92 Å². The Morgan fingerprint density at radius 3 is 1.49 bits per heavy atom. The fourth-order valence-electron chi connectivity index (χ4n) is 4.90. The first-order valence-electron chi connectivity index (χ1n) is 14.2. The Morgan fingerprint density at radius 1 is 0.698 bits per heavy atom. The zero-order valence-electron chi connectivity index (χ0n) is 24.9. The lowest BCUT2D eigenvalue weighted by molar-refractivity contribution is -0.136. The van der Waals surface area contributed by atoms with Gasteiger partial charge < -0.3 is 5.11 Å². The molecule has 43 heavy (non-hydrogen) atoms. The summed E-state index contributed by atoms with van der Waals surface area (Å²) in [5.74, 6) is -0.287. The van der Waals surface area contributed by atoms with E-state index >= 15 is 0 Å². The first-order chi connectivity index (χ1) is 20.9. The lowest BCUT2D eigenvalue weighted by Crippen LogP contribution is -2.02. The number of allylic oxidation sites excluding steroid dienone is 10. The van der Waals surface area contributed by atoms with Crippen molar-refractivity contribution in [3.05, 3.63) is 157 Å². The maximum Gasteiger partial charge on any atom is 0.307 e. The molecule has 3 aromatic carbocycles. The third-order valence-electron chi connectivity index (χ3n) is 6.98. The van der Waals surface area contributed by atoms with Crippen LogP contribution in [0.2, 0.25) is 0 Å². The summed E-state index contributed by atoms with van der Waals surface area (Å²) in [6, 6.07) is 24.1. The number of carbonyl (C=O) groups is 1. The molecule has 0 atom stereocenters. The van der Waals surface area contributed by atoms with E-state index < -0.39 is 5.97 Å². The highest BCUT2D eigenvalue weighted by Gasteiger charge is 2.16. The molecule has 0 bridgehead atoms. The molecule has 0 aliphatic heterocycles. The summed E-state index contributed by atoms with van der Waals surface area (Å²) in [7, 11) is 0. The summed E-state index contributed by atoms with van der Waals surface area (Å²) in [6.45, 7) is 13.7. The second-order valence-electron chi connectivity index (χ2n) is 10.0. The summed E-state index contributed by atoms with van der Waals surface area (Å²) in [6.07, 6.45) is 15.7. The third kappa shape index (κ3) is 7.49. The molecule has 0 saturated heterocycles. The monoisotopic (exact) mass is 564 g/mol. The van der Waals surface area contributed by atoms with E-state index in [1.54, 1.807) is 12.2 Å². The molecule has 0 fully saturated rings. The first-order valence-corrected chi connectivity index (χ1v) is 14.2. The Bertz CT molecular complexity index is 1640. The zero-order valence-corrected chi connectivity index (χ0v) is 24.9. The molecule has 0 aliphatic carbocycles. The van der Waals surface area contributed by atoms with Crippen LogP contribution in [0.15, 0.2) is 135 Å². The second kappa shape index (κ2) is 14.5. The molecular formula is C39H36N2O2. The molecule has 4 heteroatoms. The Balaban J connectivity index is 1.85. The smallest absolute Gasteiger partial charge is 0.307 e. The van der Waals surface area contributed by atoms with Crippen molar-refractivity contribution in [2.24, 2.45) is 0 Å². The molecule has 1 N–H and O–H groups in total. The largest absolute Gasteiger partial charge is 0.481 e. The summed E-state index contributed by atoms with van der Waals surface area (Å²) in [5, 5.41) is 9.19. The van der Waals surface area contributed by atoms with Crippen molar-refractivity contribution in [2.45, 2.75) is 27.2 Å². The molecule has 0 unspecified atom stereocenters. The van der Waals surface area contributed by atoms with Crippen LogP contribution in [-0.4, -0.2) is 21.0 Å². The maximum atomic E-state index is 11.2. The molecule has 4 aromatic rings. The highest BCUT2D eigenvalue weighted by atomic mass is 16.4. The van der Waals surface area contributed by atoms with Gasteiger partial charge in [0, 0.05) is 22.3 Å². The van der Waals surface area contributed by atoms with E-state index in [0.29, 0.717) is 5.82 Å². The molecule has 1 aromatic heterocycles. The Morgan fingerprint density at radius 2 is 1.12 bits per heavy atom. The van der Waals surface area contributed by atoms with Gasteiger partial charge in [-0.1, -0.05) is 135 Å². The van der Waals surface area contributed by atoms with Crippen LogP contribution in [-0.2, 0) is 11.2 Å². The van der Waals surface area contributed by atoms with Gasteiger partial charge >= 0.3 is 5.97 Å². The SMILES string of the molecule is C=C/C=C(\C=C/C)c1ccc(-c2nc(-c3ccc(CC(=O)O)cc3)nc(-c3ccc(C(/C=C\C)=C/C=C)cc3)c2C)cc1. The lowest BCUT2D eigenvalue weighted by atomic mass is 9.96. The third-order valence-corrected chi connectivity index (χ3v) is 6.98. The Kier molecular flexibility index (Phi) is 10.3. The summed E-state index contributed by atoms with van der Waals surface area (Å²) in [4.78, 5) is 21.3. The van der Waals surface area contributed by atoms with Gasteiger partial charge in [-0.15, -0.1) is 0 Å². The molecule has 4 rings (SSSR count). The van der Waals surface area contributed by atoms with E-state index in [1.807, 2.05) is 62.4 Å². The van der Waals surface area contributed by atoms with E-state index in [1.165, 1.54) is 0 Å². The minimum Gasteiger partial charge on any atom is -0.481 e. The first kappa shape index (κ1) is 30.6. The van der Waals surface area contributed by atoms with Crippen LogP contribution in [0.5, 0.6) is 0 Å². The maximum absolute atomic E-state index is 11.2. The zero-order chi connectivity index (χ0) is 30.8. The van der Waals surface area contributed by atoms with Crippen LogP contribution < -0.4 is 0 Å². The molecule has 1 heterocycles. The van der Waals surface area contributed by atoms with Crippen molar-refractivity contribution in [1.29, 1.82) is 0 Å². The average Bonchev–Trinajstić information content (AvgIpc) is 3.01. The van der Waals surface area contributed by atoms with Gasteiger partial charge in [0.1, 0.15) is 0 Å². The predicted molar refractivity (Wildman–Crippen MR) is 180 cm³/mol. The van der Waals surface area contributed by atoms with Crippen molar-refractivity contribution in [3.63, 3.8) is 0 Å². The summed E-state index contributed by atoms with van der Waals surface area (Å²) < 4.78 is 0. The van der Waals surface area contributed by atoms with Crippen LogP contribution in [0.1, 0.15) is 36.1 Å². The minimum atomic E-state index is -0.864. The fraction of sp³-hybridized carbons (Fsp3) is 0.103. The van der Waals surface area contributed by atoms with Gasteiger partial charge in [-0.05, 0) is 48.6 Å². The second-order valence-corrected chi connectivity index (χ2v) is 10.0. The molecule has 214 valence electrons. The average molecular weight is 565 g/mol. The topological polar surface area (TPSA) is 63.1 Å². The van der Waals surface area contributed by atoms with Crippen molar-refractivity contribution >= 4 is 17.1 Å². The molecule has 4 nitrogen and oxygen atoms in total. The van der Waals surface area contributed by atoms with Gasteiger partial charge in [0.05, 0.1) is 17.8 Å². The molecular weight excluding hydrogens is 528 g/mol. The van der Waals surface area contributed by atoms with Gasteiger partial charge in [0.2, 0.25) is 0 Å². The number of benzene rings is 3. The number of carboxylic acids is 1. The molecule has 0 spiro atoms. The molecule has 0 radical (unpaired) electrons. The number of hydrogen-bond donors (Lipinski definition) is 1. The number of aliphatic carboxylic acids is 1. The van der Waals surface area contributed by atoms with Crippen LogP contribution in [0.25, 0.3) is 45.0 Å². The normalized spacial score (nSPS) is 12.2. The summed E-state index contributed by atoms with van der Waals surface area (Å²) in [5.41, 5.74) is 10.5. The van der Waals surface area contributed by atoms with E-state index in [-0.39, 0.29) is 6.42 Å². The number of rotatable bonds is 11. The van der Waals surface area contributed by atoms with Crippen molar-refractivity contribution < 1.29 is 9.90 Å². The predicted octanol–water partition coefficient (Wildman–Crippen LogP) is 9.70. The van der Waals surface area contributed by atoms with Crippen LogP contribution in [0.4, 0.5) is 0 Å². The van der Waals surface area contributed by atoms with Gasteiger partial charge in [0.15, 0.2) is 5.82 Å². The summed E-state index contributed by atoms with van der Waals surface area (Å²) >= 11 is 0. The highest BCUT2D eigenvalue weighted by Crippen LogP contribution is 2.33. The van der Waals surface area contributed by atoms with Crippen LogP contribution >= 0.6 is 0 Å². The van der Waals surface area contributed by atoms with Gasteiger partial charge in [0.25, 0.3) is 0 Å². The number of nitrogens with zero attached hydrogens (tertiary/aromatic N) is 2. The number of aromatic nitrogens is 2. The quantitative estimate of drug-likeness (QED) is 0.184. The highest BCUT2D eigenvalue weighted by molar-refractivity contribution is 5.81. The number of hydrogen-bond acceptors (Lipinski definition) is 3. The van der Waals surface area contributed by atoms with E-state index in [4.69, 9.17) is 9.97 Å². The van der Waals surface area contributed by atoms with Gasteiger partial charge in [-0.3, -0.25) is 4.79 Å². The van der Waals surface area contributed by atoms with Gasteiger partial charge in [-0.25, -0.2) is 9.97 Å². The number of carboxylic acid groups (broad SMARTS) is 1. The van der Waals surface area contributed by atoms with E-state index in [9.17, 15) is 9.90 Å². The van der Waals surface area contributed by atoms with Gasteiger partial charge in [-0.2, -0.15) is 0 Å². The minimum absolute atomic E-state index is 0.0325. The Labute approximate surface area is 254 Å². The van der Waals surface area contributed by atoms with Crippen molar-refractivity contribution in [3.8, 4) is 33.9 Å². The lowest BCUT2D eigenvalue weighted by Gasteiger charge is -2.15.